The van der Waals surface area contributed by atoms with Crippen molar-refractivity contribution in [3.05, 3.63) is 35.1 Å². The summed E-state index contributed by atoms with van der Waals surface area (Å²) in [5.41, 5.74) is 6.31. The normalized spacial score (nSPS) is 13.2. The molecule has 1 amide bonds. The highest BCUT2D eigenvalue weighted by Crippen LogP contribution is 2.12. The number of likely N-dealkylation sites (N-methyl/N-ethyl adjacent to an activating group) is 1. The van der Waals surface area contributed by atoms with Gasteiger partial charge in [-0.2, -0.15) is 0 Å². The molecule has 0 aliphatic heterocycles. The molecule has 98 valence electrons. The number of nitrogens with zero attached hydrogens (tertiary/aromatic N) is 2. The molecule has 0 spiro atoms. The lowest BCUT2D eigenvalue weighted by Crippen LogP contribution is -2.43. The van der Waals surface area contributed by atoms with Gasteiger partial charge in [0.05, 0.1) is 6.04 Å². The van der Waals surface area contributed by atoms with Gasteiger partial charge < -0.3 is 15.8 Å². The fraction of sp³-hybridized carbons (Fsp3) is 0.333. The van der Waals surface area contributed by atoms with E-state index in [0.29, 0.717) is 5.56 Å². The molecule has 1 rings (SSSR count). The number of carbonyl (C=O) groups is 1. The van der Waals surface area contributed by atoms with E-state index in [1.807, 2.05) is 0 Å². The zero-order valence-corrected chi connectivity index (χ0v) is 10.5. The summed E-state index contributed by atoms with van der Waals surface area (Å²) >= 11 is 0. The summed E-state index contributed by atoms with van der Waals surface area (Å²) in [6.07, 6.45) is 0. The van der Waals surface area contributed by atoms with Crippen LogP contribution >= 0.6 is 0 Å². The van der Waals surface area contributed by atoms with Gasteiger partial charge >= 0.3 is 0 Å². The Bertz CT molecular complexity index is 468. The van der Waals surface area contributed by atoms with Gasteiger partial charge in [0.25, 0.3) is 5.91 Å². The third kappa shape index (κ3) is 2.97. The molecule has 0 aliphatic carbocycles. The Hall–Kier alpha value is -2.11. The highest BCUT2D eigenvalue weighted by atomic mass is 19.1. The smallest absolute Gasteiger partial charge is 0.254 e. The van der Waals surface area contributed by atoms with Gasteiger partial charge in [-0.05, 0) is 37.6 Å². The van der Waals surface area contributed by atoms with E-state index in [4.69, 9.17) is 10.9 Å². The lowest BCUT2D eigenvalue weighted by Gasteiger charge is -2.23. The lowest BCUT2D eigenvalue weighted by atomic mass is 10.1. The summed E-state index contributed by atoms with van der Waals surface area (Å²) in [6, 6.07) is 3.50. The van der Waals surface area contributed by atoms with Crippen LogP contribution in [0.3, 0.4) is 0 Å². The number of aryl methyl sites for hydroxylation is 1. The molecule has 0 aliphatic rings. The summed E-state index contributed by atoms with van der Waals surface area (Å²) in [7, 11) is 1.51. The Morgan fingerprint density at radius 3 is 2.61 bits per heavy atom. The third-order valence-corrected chi connectivity index (χ3v) is 2.73. The molecular formula is C12H16FN3O2. The van der Waals surface area contributed by atoms with Crippen molar-refractivity contribution in [2.75, 3.05) is 7.05 Å². The number of hydrogen-bond acceptors (Lipinski definition) is 3. The van der Waals surface area contributed by atoms with E-state index in [9.17, 15) is 9.18 Å². The first-order valence-corrected chi connectivity index (χ1v) is 5.38. The second-order valence-electron chi connectivity index (χ2n) is 4.13. The van der Waals surface area contributed by atoms with E-state index in [1.165, 1.54) is 18.0 Å². The maximum atomic E-state index is 13.2. The van der Waals surface area contributed by atoms with E-state index in [1.54, 1.807) is 19.9 Å². The minimum atomic E-state index is -0.578. The standard InChI is InChI=1S/C12H16FN3O2/c1-7-4-9(6-10(13)5-7)12(17)16(3)8(2)11(14)15-18/h4-6,8,18H,1-3H3,(H2,14,15). The number of amidine groups is 1. The average Bonchev–Trinajstić information content (AvgIpc) is 2.33. The zero-order chi connectivity index (χ0) is 13.9. The van der Waals surface area contributed by atoms with Gasteiger partial charge in [-0.15, -0.1) is 0 Å². The van der Waals surface area contributed by atoms with Crippen molar-refractivity contribution in [3.8, 4) is 0 Å². The van der Waals surface area contributed by atoms with Crippen LogP contribution in [0.15, 0.2) is 23.4 Å². The van der Waals surface area contributed by atoms with Crippen LogP contribution in [0, 0.1) is 12.7 Å². The molecule has 0 bridgehead atoms. The predicted octanol–water partition coefficient (Wildman–Crippen LogP) is 1.34. The predicted molar refractivity (Wildman–Crippen MR) is 66.1 cm³/mol. The van der Waals surface area contributed by atoms with Gasteiger partial charge in [0.15, 0.2) is 5.84 Å². The summed E-state index contributed by atoms with van der Waals surface area (Å²) in [5.74, 6) is -0.945. The average molecular weight is 253 g/mol. The van der Waals surface area contributed by atoms with Crippen LogP contribution in [0.2, 0.25) is 0 Å². The zero-order valence-electron chi connectivity index (χ0n) is 10.5. The summed E-state index contributed by atoms with van der Waals surface area (Å²) < 4.78 is 13.2. The van der Waals surface area contributed by atoms with Gasteiger partial charge in [0, 0.05) is 12.6 Å². The van der Waals surface area contributed by atoms with Crippen LogP contribution in [0.25, 0.3) is 0 Å². The molecule has 1 atom stereocenters. The Balaban J connectivity index is 3.00. The molecule has 0 radical (unpaired) electrons. The van der Waals surface area contributed by atoms with Gasteiger partial charge in [-0.25, -0.2) is 4.39 Å². The molecule has 0 heterocycles. The summed E-state index contributed by atoms with van der Waals surface area (Å²) in [4.78, 5) is 13.4. The molecule has 0 aromatic heterocycles. The number of oxime groups is 1. The van der Waals surface area contributed by atoms with Gasteiger partial charge in [0.1, 0.15) is 5.82 Å². The number of nitrogens with two attached hydrogens (primary N) is 1. The Morgan fingerprint density at radius 2 is 2.11 bits per heavy atom. The van der Waals surface area contributed by atoms with Crippen LogP contribution in [0.1, 0.15) is 22.8 Å². The van der Waals surface area contributed by atoms with Crippen LogP contribution in [0.5, 0.6) is 0 Å². The van der Waals surface area contributed by atoms with E-state index >= 15 is 0 Å². The quantitative estimate of drug-likeness (QED) is 0.369. The molecule has 0 saturated carbocycles. The van der Waals surface area contributed by atoms with E-state index in [-0.39, 0.29) is 11.4 Å². The van der Waals surface area contributed by atoms with E-state index in [0.717, 1.165) is 6.07 Å². The molecule has 3 N–H and O–H groups in total. The minimum Gasteiger partial charge on any atom is -0.409 e. The topological polar surface area (TPSA) is 78.9 Å². The SMILES string of the molecule is Cc1cc(F)cc(C(=O)N(C)C(C)/C(N)=N/O)c1. The van der Waals surface area contributed by atoms with Crippen molar-refractivity contribution in [3.63, 3.8) is 0 Å². The lowest BCUT2D eigenvalue weighted by molar-refractivity contribution is 0.0775. The highest BCUT2D eigenvalue weighted by molar-refractivity contribution is 5.98. The van der Waals surface area contributed by atoms with Crippen molar-refractivity contribution in [1.29, 1.82) is 0 Å². The number of carbonyl (C=O) groups excluding carboxylic acids is 1. The third-order valence-electron chi connectivity index (χ3n) is 2.73. The number of hydrogen-bond donors (Lipinski definition) is 2. The Labute approximate surface area is 105 Å². The second kappa shape index (κ2) is 5.48. The van der Waals surface area contributed by atoms with Crippen molar-refractivity contribution in [2.45, 2.75) is 19.9 Å². The first-order chi connectivity index (χ1) is 8.36. The number of benzene rings is 1. The van der Waals surface area contributed by atoms with Crippen molar-refractivity contribution in [2.24, 2.45) is 10.9 Å². The largest absolute Gasteiger partial charge is 0.409 e. The molecule has 1 unspecified atom stereocenters. The number of halogens is 1. The summed E-state index contributed by atoms with van der Waals surface area (Å²) in [5, 5.41) is 11.4. The fourth-order valence-electron chi connectivity index (χ4n) is 1.52. The molecule has 6 heteroatoms. The first kappa shape index (κ1) is 14.0. The Morgan fingerprint density at radius 1 is 1.50 bits per heavy atom. The van der Waals surface area contributed by atoms with Crippen LogP contribution in [-0.4, -0.2) is 34.9 Å². The first-order valence-electron chi connectivity index (χ1n) is 5.38. The monoisotopic (exact) mass is 253 g/mol. The number of rotatable bonds is 3. The van der Waals surface area contributed by atoms with Gasteiger partial charge in [0.2, 0.25) is 0 Å². The maximum Gasteiger partial charge on any atom is 0.254 e. The maximum absolute atomic E-state index is 13.2. The van der Waals surface area contributed by atoms with Crippen LogP contribution < -0.4 is 5.73 Å². The van der Waals surface area contributed by atoms with Crippen LogP contribution in [-0.2, 0) is 0 Å². The van der Waals surface area contributed by atoms with Crippen molar-refractivity contribution in [1.82, 2.24) is 4.90 Å². The molecule has 18 heavy (non-hydrogen) atoms. The van der Waals surface area contributed by atoms with Crippen molar-refractivity contribution < 1.29 is 14.4 Å². The van der Waals surface area contributed by atoms with Gasteiger partial charge in [-0.1, -0.05) is 5.16 Å². The molecule has 5 nitrogen and oxygen atoms in total. The molecular weight excluding hydrogens is 237 g/mol. The second-order valence-corrected chi connectivity index (χ2v) is 4.13. The molecule has 0 saturated heterocycles. The van der Waals surface area contributed by atoms with E-state index < -0.39 is 17.8 Å². The fourth-order valence-corrected chi connectivity index (χ4v) is 1.52. The molecule has 1 aromatic rings. The summed E-state index contributed by atoms with van der Waals surface area (Å²) in [6.45, 7) is 3.31. The molecule has 0 fully saturated rings. The molecule has 1 aromatic carbocycles. The van der Waals surface area contributed by atoms with E-state index in [2.05, 4.69) is 5.16 Å². The number of amides is 1. The van der Waals surface area contributed by atoms with Gasteiger partial charge in [-0.3, -0.25) is 4.79 Å². The van der Waals surface area contributed by atoms with Crippen LogP contribution in [0.4, 0.5) is 4.39 Å². The minimum absolute atomic E-state index is 0.0843. The van der Waals surface area contributed by atoms with Crippen molar-refractivity contribution >= 4 is 11.7 Å². The Kier molecular flexibility index (Phi) is 4.25. The highest BCUT2D eigenvalue weighted by Gasteiger charge is 2.21.